The molecule has 1 rings (SSSR count). The number of ether oxygens (including phenoxy) is 2. The Hall–Kier alpha value is -2.24. The normalized spacial score (nSPS) is 10.7. The first-order valence-corrected chi connectivity index (χ1v) is 5.59. The Morgan fingerprint density at radius 2 is 1.84 bits per heavy atom. The second-order valence-corrected chi connectivity index (χ2v) is 4.45. The van der Waals surface area contributed by atoms with Gasteiger partial charge in [-0.05, 0) is 26.0 Å². The van der Waals surface area contributed by atoms with E-state index in [9.17, 15) is 9.59 Å². The van der Waals surface area contributed by atoms with Gasteiger partial charge in [0.15, 0.2) is 0 Å². The summed E-state index contributed by atoms with van der Waals surface area (Å²) < 4.78 is 10.1. The molecule has 0 aliphatic heterocycles. The summed E-state index contributed by atoms with van der Waals surface area (Å²) in [6, 6.07) is 4.68. The molecule has 1 aromatic rings. The van der Waals surface area contributed by atoms with Crippen molar-refractivity contribution < 1.29 is 24.2 Å². The van der Waals surface area contributed by atoms with E-state index in [1.165, 1.54) is 34.1 Å². The average Bonchev–Trinajstić information content (AvgIpc) is 2.37. The van der Waals surface area contributed by atoms with E-state index in [1.54, 1.807) is 12.1 Å². The second kappa shape index (κ2) is 5.60. The number of hydrogen-bond acceptors (Lipinski definition) is 4. The molecule has 0 saturated heterocycles. The van der Waals surface area contributed by atoms with Crippen LogP contribution in [0.5, 0.6) is 11.5 Å². The summed E-state index contributed by atoms with van der Waals surface area (Å²) in [6.07, 6.45) is 0. The summed E-state index contributed by atoms with van der Waals surface area (Å²) in [6.45, 7) is 2.81. The fourth-order valence-electron chi connectivity index (χ4n) is 1.39. The molecule has 0 saturated carbocycles. The molecule has 6 heteroatoms. The van der Waals surface area contributed by atoms with E-state index < -0.39 is 17.4 Å². The number of amides is 1. The van der Waals surface area contributed by atoms with E-state index in [1.807, 2.05) is 0 Å². The molecular weight excluding hydrogens is 250 g/mol. The van der Waals surface area contributed by atoms with E-state index in [0.29, 0.717) is 11.5 Å². The Labute approximate surface area is 111 Å². The predicted molar refractivity (Wildman–Crippen MR) is 68.7 cm³/mol. The van der Waals surface area contributed by atoms with Gasteiger partial charge in [-0.3, -0.25) is 4.79 Å². The molecule has 0 heterocycles. The Morgan fingerprint density at radius 3 is 2.32 bits per heavy atom. The predicted octanol–water partition coefficient (Wildman–Crippen LogP) is 1.30. The molecule has 19 heavy (non-hydrogen) atoms. The van der Waals surface area contributed by atoms with Gasteiger partial charge in [-0.2, -0.15) is 0 Å². The number of carboxylic acid groups (broad SMARTS) is 1. The van der Waals surface area contributed by atoms with E-state index in [2.05, 4.69) is 5.32 Å². The summed E-state index contributed by atoms with van der Waals surface area (Å²) in [5.74, 6) is -0.774. The lowest BCUT2D eigenvalue weighted by molar-refractivity contribution is -0.143. The van der Waals surface area contributed by atoms with Crippen molar-refractivity contribution in [2.24, 2.45) is 0 Å². The van der Waals surface area contributed by atoms with Crippen LogP contribution in [-0.4, -0.2) is 36.7 Å². The Kier molecular flexibility index (Phi) is 4.37. The maximum absolute atomic E-state index is 12.0. The number of aliphatic carboxylic acids is 1. The summed E-state index contributed by atoms with van der Waals surface area (Å²) in [5, 5.41) is 11.4. The van der Waals surface area contributed by atoms with Crippen LogP contribution in [0.4, 0.5) is 0 Å². The Balaban J connectivity index is 3.03. The van der Waals surface area contributed by atoms with Gasteiger partial charge in [-0.1, -0.05) is 0 Å². The molecular formula is C13H17NO5. The molecule has 0 unspecified atom stereocenters. The number of hydrogen-bond donors (Lipinski definition) is 2. The third-order valence-electron chi connectivity index (χ3n) is 2.61. The van der Waals surface area contributed by atoms with Gasteiger partial charge in [-0.25, -0.2) is 4.79 Å². The van der Waals surface area contributed by atoms with E-state index in [4.69, 9.17) is 14.6 Å². The lowest BCUT2D eigenvalue weighted by Crippen LogP contribution is -2.49. The van der Waals surface area contributed by atoms with Crippen molar-refractivity contribution in [3.63, 3.8) is 0 Å². The van der Waals surface area contributed by atoms with Gasteiger partial charge in [-0.15, -0.1) is 0 Å². The number of benzene rings is 1. The second-order valence-electron chi connectivity index (χ2n) is 4.45. The molecule has 1 amide bonds. The molecule has 2 N–H and O–H groups in total. The number of carbonyl (C=O) groups is 2. The first-order valence-electron chi connectivity index (χ1n) is 5.59. The number of carbonyl (C=O) groups excluding carboxylic acids is 1. The fourth-order valence-corrected chi connectivity index (χ4v) is 1.39. The molecule has 0 aliphatic carbocycles. The lowest BCUT2D eigenvalue weighted by atomic mass is 10.0. The molecule has 6 nitrogen and oxygen atoms in total. The van der Waals surface area contributed by atoms with E-state index in [0.717, 1.165) is 0 Å². The van der Waals surface area contributed by atoms with Crippen LogP contribution in [0.1, 0.15) is 24.2 Å². The molecule has 104 valence electrons. The fraction of sp³-hybridized carbons (Fsp3) is 0.385. The molecule has 0 radical (unpaired) electrons. The number of methoxy groups -OCH3 is 2. The summed E-state index contributed by atoms with van der Waals surface area (Å²) >= 11 is 0. The molecule has 0 spiro atoms. The summed E-state index contributed by atoms with van der Waals surface area (Å²) in [5.41, 5.74) is -1.11. The molecule has 0 bridgehead atoms. The van der Waals surface area contributed by atoms with Crippen molar-refractivity contribution in [3.8, 4) is 11.5 Å². The molecule has 0 aromatic heterocycles. The van der Waals surface area contributed by atoms with Gasteiger partial charge in [0.1, 0.15) is 17.0 Å². The summed E-state index contributed by atoms with van der Waals surface area (Å²) in [7, 11) is 2.93. The minimum absolute atomic E-state index is 0.248. The minimum Gasteiger partial charge on any atom is -0.497 e. The Bertz CT molecular complexity index is 496. The number of nitrogens with one attached hydrogen (secondary N) is 1. The highest BCUT2D eigenvalue weighted by atomic mass is 16.5. The highest BCUT2D eigenvalue weighted by Crippen LogP contribution is 2.24. The monoisotopic (exact) mass is 267 g/mol. The zero-order valence-electron chi connectivity index (χ0n) is 11.3. The van der Waals surface area contributed by atoms with Crippen molar-refractivity contribution in [2.75, 3.05) is 14.2 Å². The third kappa shape index (κ3) is 3.37. The van der Waals surface area contributed by atoms with Crippen LogP contribution in [0.2, 0.25) is 0 Å². The van der Waals surface area contributed by atoms with Crippen molar-refractivity contribution in [1.82, 2.24) is 5.32 Å². The van der Waals surface area contributed by atoms with Gasteiger partial charge in [0.25, 0.3) is 5.91 Å². The highest BCUT2D eigenvalue weighted by molar-refractivity contribution is 5.99. The van der Waals surface area contributed by atoms with Crippen LogP contribution in [-0.2, 0) is 4.79 Å². The van der Waals surface area contributed by atoms with Crippen LogP contribution in [0, 0.1) is 0 Å². The van der Waals surface area contributed by atoms with Crippen LogP contribution in [0.15, 0.2) is 18.2 Å². The van der Waals surface area contributed by atoms with Crippen molar-refractivity contribution in [3.05, 3.63) is 23.8 Å². The topological polar surface area (TPSA) is 84.9 Å². The Morgan fingerprint density at radius 1 is 1.21 bits per heavy atom. The van der Waals surface area contributed by atoms with Gasteiger partial charge >= 0.3 is 5.97 Å². The maximum atomic E-state index is 12.0. The molecule has 1 aromatic carbocycles. The lowest BCUT2D eigenvalue weighted by Gasteiger charge is -2.21. The van der Waals surface area contributed by atoms with Crippen molar-refractivity contribution in [2.45, 2.75) is 19.4 Å². The van der Waals surface area contributed by atoms with Crippen molar-refractivity contribution in [1.29, 1.82) is 0 Å². The zero-order valence-corrected chi connectivity index (χ0v) is 11.3. The number of rotatable bonds is 5. The quantitative estimate of drug-likeness (QED) is 0.839. The first kappa shape index (κ1) is 14.8. The zero-order chi connectivity index (χ0) is 14.6. The SMILES string of the molecule is COc1ccc(C(=O)NC(C)(C)C(=O)O)c(OC)c1. The smallest absolute Gasteiger partial charge is 0.328 e. The average molecular weight is 267 g/mol. The highest BCUT2D eigenvalue weighted by Gasteiger charge is 2.30. The summed E-state index contributed by atoms with van der Waals surface area (Å²) in [4.78, 5) is 23.0. The van der Waals surface area contributed by atoms with Crippen LogP contribution in [0.3, 0.4) is 0 Å². The van der Waals surface area contributed by atoms with E-state index in [-0.39, 0.29) is 5.56 Å². The maximum Gasteiger partial charge on any atom is 0.328 e. The minimum atomic E-state index is -1.36. The van der Waals surface area contributed by atoms with Crippen LogP contribution < -0.4 is 14.8 Å². The molecule has 0 atom stereocenters. The van der Waals surface area contributed by atoms with E-state index >= 15 is 0 Å². The largest absolute Gasteiger partial charge is 0.497 e. The molecule has 0 aliphatic rings. The first-order chi connectivity index (χ1) is 8.81. The van der Waals surface area contributed by atoms with Gasteiger partial charge in [0.05, 0.1) is 19.8 Å². The standard InChI is InChI=1S/C13H17NO5/c1-13(2,12(16)17)14-11(15)9-6-5-8(18-3)7-10(9)19-4/h5-7H,1-4H3,(H,14,15)(H,16,17). The van der Waals surface area contributed by atoms with Gasteiger partial charge < -0.3 is 19.9 Å². The van der Waals surface area contributed by atoms with Gasteiger partial charge in [0.2, 0.25) is 0 Å². The number of carboxylic acids is 1. The van der Waals surface area contributed by atoms with Crippen LogP contribution >= 0.6 is 0 Å². The van der Waals surface area contributed by atoms with Gasteiger partial charge in [0, 0.05) is 6.07 Å². The third-order valence-corrected chi connectivity index (χ3v) is 2.61. The van der Waals surface area contributed by atoms with Crippen LogP contribution in [0.25, 0.3) is 0 Å². The molecule has 0 fully saturated rings. The van der Waals surface area contributed by atoms with Crippen molar-refractivity contribution >= 4 is 11.9 Å².